The van der Waals surface area contributed by atoms with Crippen LogP contribution in [0.25, 0.3) is 0 Å². The second kappa shape index (κ2) is 5.83. The molecule has 3 N–H and O–H groups in total. The average Bonchev–Trinajstić information content (AvgIpc) is 3.11. The summed E-state index contributed by atoms with van der Waals surface area (Å²) in [7, 11) is 0. The van der Waals surface area contributed by atoms with Crippen molar-refractivity contribution in [3.8, 4) is 0 Å². The van der Waals surface area contributed by atoms with Crippen molar-refractivity contribution in [1.82, 2.24) is 10.6 Å². The van der Waals surface area contributed by atoms with Crippen molar-refractivity contribution in [2.45, 2.75) is 50.5 Å². The Morgan fingerprint density at radius 2 is 1.94 bits per heavy atom. The van der Waals surface area contributed by atoms with Gasteiger partial charge in [-0.1, -0.05) is 19.3 Å². The molecule has 0 aromatic carbocycles. The van der Waals surface area contributed by atoms with E-state index in [1.165, 1.54) is 19.3 Å². The topological polar surface area (TPSA) is 61.4 Å². The summed E-state index contributed by atoms with van der Waals surface area (Å²) >= 11 is 0. The Morgan fingerprint density at radius 3 is 2.59 bits per heavy atom. The van der Waals surface area contributed by atoms with Crippen LogP contribution in [0.5, 0.6) is 0 Å². The van der Waals surface area contributed by atoms with Crippen LogP contribution in [-0.4, -0.2) is 36.2 Å². The standard InChI is InChI=1S/C13H24N2O2/c16-12(15-8-11-4-5-11)9-14-10-13(17)6-2-1-3-7-13/h11,14,17H,1-10H2,(H,15,16). The quantitative estimate of drug-likeness (QED) is 0.643. The maximum absolute atomic E-state index is 11.5. The van der Waals surface area contributed by atoms with Crippen molar-refractivity contribution in [2.24, 2.45) is 5.92 Å². The van der Waals surface area contributed by atoms with E-state index in [9.17, 15) is 9.90 Å². The SMILES string of the molecule is O=C(CNCC1(O)CCCCC1)NCC1CC1. The number of hydrogen-bond acceptors (Lipinski definition) is 3. The van der Waals surface area contributed by atoms with Crippen molar-refractivity contribution in [1.29, 1.82) is 0 Å². The lowest BCUT2D eigenvalue weighted by atomic mass is 9.85. The number of aliphatic hydroxyl groups is 1. The van der Waals surface area contributed by atoms with Gasteiger partial charge in [0.1, 0.15) is 0 Å². The van der Waals surface area contributed by atoms with E-state index < -0.39 is 5.60 Å². The van der Waals surface area contributed by atoms with Crippen LogP contribution in [0.2, 0.25) is 0 Å². The molecule has 2 fully saturated rings. The molecule has 0 spiro atoms. The molecule has 4 heteroatoms. The van der Waals surface area contributed by atoms with Gasteiger partial charge in [-0.05, 0) is 31.6 Å². The first-order valence-corrected chi connectivity index (χ1v) is 6.88. The Morgan fingerprint density at radius 1 is 1.24 bits per heavy atom. The Labute approximate surface area is 103 Å². The summed E-state index contributed by atoms with van der Waals surface area (Å²) < 4.78 is 0. The van der Waals surface area contributed by atoms with E-state index in [1.54, 1.807) is 0 Å². The summed E-state index contributed by atoms with van der Waals surface area (Å²) in [4.78, 5) is 11.5. The van der Waals surface area contributed by atoms with Crippen molar-refractivity contribution in [2.75, 3.05) is 19.6 Å². The lowest BCUT2D eigenvalue weighted by Gasteiger charge is -2.32. The van der Waals surface area contributed by atoms with Crippen molar-refractivity contribution < 1.29 is 9.90 Å². The van der Waals surface area contributed by atoms with E-state index in [0.29, 0.717) is 13.1 Å². The molecule has 0 bridgehead atoms. The van der Waals surface area contributed by atoms with Crippen LogP contribution in [0.1, 0.15) is 44.9 Å². The van der Waals surface area contributed by atoms with Crippen molar-refractivity contribution >= 4 is 5.91 Å². The van der Waals surface area contributed by atoms with E-state index >= 15 is 0 Å². The predicted molar refractivity (Wildman–Crippen MR) is 66.6 cm³/mol. The molecule has 0 heterocycles. The molecule has 0 unspecified atom stereocenters. The summed E-state index contributed by atoms with van der Waals surface area (Å²) in [5.41, 5.74) is -0.574. The molecule has 0 aliphatic heterocycles. The highest BCUT2D eigenvalue weighted by Gasteiger charge is 2.28. The molecular formula is C13H24N2O2. The molecule has 4 nitrogen and oxygen atoms in total. The van der Waals surface area contributed by atoms with Crippen LogP contribution in [0.15, 0.2) is 0 Å². The molecule has 0 saturated heterocycles. The van der Waals surface area contributed by atoms with Crippen LogP contribution in [0.3, 0.4) is 0 Å². The molecule has 2 aliphatic carbocycles. The fourth-order valence-corrected chi connectivity index (χ4v) is 2.44. The van der Waals surface area contributed by atoms with Gasteiger partial charge in [0.15, 0.2) is 0 Å². The maximum atomic E-state index is 11.5. The monoisotopic (exact) mass is 240 g/mol. The van der Waals surface area contributed by atoms with Crippen LogP contribution < -0.4 is 10.6 Å². The average molecular weight is 240 g/mol. The fourth-order valence-electron chi connectivity index (χ4n) is 2.44. The van der Waals surface area contributed by atoms with Crippen LogP contribution in [0, 0.1) is 5.92 Å². The number of carbonyl (C=O) groups excluding carboxylic acids is 1. The number of nitrogens with one attached hydrogen (secondary N) is 2. The minimum Gasteiger partial charge on any atom is -0.389 e. The maximum Gasteiger partial charge on any atom is 0.233 e. The summed E-state index contributed by atoms with van der Waals surface area (Å²) in [6.45, 7) is 1.70. The van der Waals surface area contributed by atoms with E-state index in [0.717, 1.165) is 38.1 Å². The summed E-state index contributed by atoms with van der Waals surface area (Å²) in [5, 5.41) is 16.2. The van der Waals surface area contributed by atoms with Gasteiger partial charge in [0, 0.05) is 13.1 Å². The Hall–Kier alpha value is -0.610. The van der Waals surface area contributed by atoms with Gasteiger partial charge in [0.05, 0.1) is 12.1 Å². The molecule has 2 saturated carbocycles. The van der Waals surface area contributed by atoms with Gasteiger partial charge in [0.2, 0.25) is 5.91 Å². The Balaban J connectivity index is 1.55. The first kappa shape index (κ1) is 12.8. The number of amides is 1. The zero-order chi connectivity index (χ0) is 12.1. The summed E-state index contributed by atoms with van der Waals surface area (Å²) in [5.74, 6) is 0.776. The highest BCUT2D eigenvalue weighted by molar-refractivity contribution is 5.77. The third-order valence-corrected chi connectivity index (χ3v) is 3.81. The fraction of sp³-hybridized carbons (Fsp3) is 0.923. The highest BCUT2D eigenvalue weighted by atomic mass is 16.3. The third kappa shape index (κ3) is 4.64. The van der Waals surface area contributed by atoms with E-state index in [-0.39, 0.29) is 5.91 Å². The first-order chi connectivity index (χ1) is 8.18. The van der Waals surface area contributed by atoms with Crippen molar-refractivity contribution in [3.05, 3.63) is 0 Å². The van der Waals surface area contributed by atoms with Crippen LogP contribution in [0.4, 0.5) is 0 Å². The van der Waals surface area contributed by atoms with Gasteiger partial charge in [-0.3, -0.25) is 4.79 Å². The molecular weight excluding hydrogens is 216 g/mol. The largest absolute Gasteiger partial charge is 0.389 e. The normalized spacial score (nSPS) is 23.4. The number of rotatable bonds is 6. The van der Waals surface area contributed by atoms with E-state index in [1.807, 2.05) is 0 Å². The smallest absolute Gasteiger partial charge is 0.233 e. The summed E-state index contributed by atoms with van der Waals surface area (Å²) in [6, 6.07) is 0. The summed E-state index contributed by atoms with van der Waals surface area (Å²) in [6.07, 6.45) is 7.68. The number of carbonyl (C=O) groups is 1. The van der Waals surface area contributed by atoms with Crippen LogP contribution in [-0.2, 0) is 4.79 Å². The Bertz CT molecular complexity index is 258. The third-order valence-electron chi connectivity index (χ3n) is 3.81. The zero-order valence-corrected chi connectivity index (χ0v) is 10.5. The van der Waals surface area contributed by atoms with E-state index in [4.69, 9.17) is 0 Å². The second-order valence-corrected chi connectivity index (χ2v) is 5.64. The lowest BCUT2D eigenvalue weighted by molar-refractivity contribution is -0.120. The molecule has 0 aromatic rings. The van der Waals surface area contributed by atoms with E-state index in [2.05, 4.69) is 10.6 Å². The van der Waals surface area contributed by atoms with Gasteiger partial charge < -0.3 is 15.7 Å². The molecule has 0 atom stereocenters. The first-order valence-electron chi connectivity index (χ1n) is 6.88. The zero-order valence-electron chi connectivity index (χ0n) is 10.5. The van der Waals surface area contributed by atoms with Crippen molar-refractivity contribution in [3.63, 3.8) is 0 Å². The Kier molecular flexibility index (Phi) is 4.40. The minimum absolute atomic E-state index is 0.0521. The molecule has 1 amide bonds. The molecule has 0 aromatic heterocycles. The van der Waals surface area contributed by atoms with Gasteiger partial charge in [-0.2, -0.15) is 0 Å². The molecule has 2 aliphatic rings. The number of hydrogen-bond donors (Lipinski definition) is 3. The molecule has 98 valence electrons. The van der Waals surface area contributed by atoms with Gasteiger partial charge >= 0.3 is 0 Å². The highest BCUT2D eigenvalue weighted by Crippen LogP contribution is 2.28. The minimum atomic E-state index is -0.574. The van der Waals surface area contributed by atoms with Gasteiger partial charge in [-0.15, -0.1) is 0 Å². The molecule has 0 radical (unpaired) electrons. The molecule has 2 rings (SSSR count). The second-order valence-electron chi connectivity index (χ2n) is 5.64. The van der Waals surface area contributed by atoms with Crippen LogP contribution >= 0.6 is 0 Å². The predicted octanol–water partition coefficient (Wildman–Crippen LogP) is 0.797. The van der Waals surface area contributed by atoms with Gasteiger partial charge in [0.25, 0.3) is 0 Å². The molecule has 17 heavy (non-hydrogen) atoms. The van der Waals surface area contributed by atoms with Gasteiger partial charge in [-0.25, -0.2) is 0 Å². The lowest BCUT2D eigenvalue weighted by Crippen LogP contribution is -2.45.